The maximum Gasteiger partial charge on any atom is 0.255 e. The predicted molar refractivity (Wildman–Crippen MR) is 136 cm³/mol. The summed E-state index contributed by atoms with van der Waals surface area (Å²) in [5, 5.41) is 7.91. The lowest BCUT2D eigenvalue weighted by Crippen LogP contribution is -2.41. The number of carbonyl (C=O) groups is 1. The Kier molecular flexibility index (Phi) is 7.40. The summed E-state index contributed by atoms with van der Waals surface area (Å²) in [7, 11) is 5.69. The molecule has 1 amide bonds. The molecule has 6 heteroatoms. The van der Waals surface area contributed by atoms with E-state index in [1.807, 2.05) is 86.9 Å². The largest absolute Gasteiger partial charge is 0.496 e. The van der Waals surface area contributed by atoms with Gasteiger partial charge in [-0.25, -0.2) is 4.68 Å². The molecular formula is C28H30N4O2. The highest BCUT2D eigenvalue weighted by Gasteiger charge is 2.22. The van der Waals surface area contributed by atoms with E-state index in [-0.39, 0.29) is 11.9 Å². The average Bonchev–Trinajstić information content (AvgIpc) is 3.33. The molecule has 4 aromatic rings. The minimum atomic E-state index is -0.164. The zero-order chi connectivity index (χ0) is 23.9. The first-order valence-corrected chi connectivity index (χ1v) is 11.3. The van der Waals surface area contributed by atoms with E-state index in [1.165, 1.54) is 5.56 Å². The Morgan fingerprint density at radius 3 is 2.29 bits per heavy atom. The van der Waals surface area contributed by atoms with E-state index in [0.29, 0.717) is 23.6 Å². The lowest BCUT2D eigenvalue weighted by molar-refractivity contribution is 0.0942. The first kappa shape index (κ1) is 23.3. The summed E-state index contributed by atoms with van der Waals surface area (Å²) in [6, 6.07) is 27.9. The van der Waals surface area contributed by atoms with Gasteiger partial charge in [0.05, 0.1) is 18.4 Å². The van der Waals surface area contributed by atoms with Crippen molar-refractivity contribution in [1.82, 2.24) is 20.0 Å². The topological polar surface area (TPSA) is 59.4 Å². The molecule has 1 N–H and O–H groups in total. The Morgan fingerprint density at radius 1 is 0.971 bits per heavy atom. The number of hydrogen-bond donors (Lipinski definition) is 1. The molecule has 0 aliphatic carbocycles. The van der Waals surface area contributed by atoms with E-state index in [4.69, 9.17) is 9.84 Å². The number of rotatable bonds is 9. The summed E-state index contributed by atoms with van der Waals surface area (Å²) in [6.07, 6.45) is 2.63. The van der Waals surface area contributed by atoms with Crippen LogP contribution in [0.4, 0.5) is 0 Å². The number of carbonyl (C=O) groups excluding carboxylic acids is 1. The lowest BCUT2D eigenvalue weighted by atomic mass is 10.0. The molecule has 0 radical (unpaired) electrons. The highest BCUT2D eigenvalue weighted by molar-refractivity contribution is 6.00. The Labute approximate surface area is 200 Å². The fourth-order valence-electron chi connectivity index (χ4n) is 3.92. The number of amides is 1. The fourth-order valence-corrected chi connectivity index (χ4v) is 3.92. The van der Waals surface area contributed by atoms with Crippen molar-refractivity contribution in [2.75, 3.05) is 27.7 Å². The van der Waals surface area contributed by atoms with Gasteiger partial charge >= 0.3 is 0 Å². The van der Waals surface area contributed by atoms with Gasteiger partial charge in [-0.2, -0.15) is 5.10 Å². The predicted octanol–water partition coefficient (Wildman–Crippen LogP) is 4.45. The third kappa shape index (κ3) is 5.35. The number of hydrogen-bond acceptors (Lipinski definition) is 4. The zero-order valence-electron chi connectivity index (χ0n) is 19.8. The highest BCUT2D eigenvalue weighted by Crippen LogP contribution is 2.31. The minimum Gasteiger partial charge on any atom is -0.496 e. The summed E-state index contributed by atoms with van der Waals surface area (Å²) in [4.78, 5) is 15.6. The normalized spacial score (nSPS) is 11.9. The van der Waals surface area contributed by atoms with E-state index >= 15 is 0 Å². The number of benzene rings is 3. The van der Waals surface area contributed by atoms with Crippen molar-refractivity contribution in [2.45, 2.75) is 12.5 Å². The smallest absolute Gasteiger partial charge is 0.255 e. The third-order valence-corrected chi connectivity index (χ3v) is 5.88. The summed E-state index contributed by atoms with van der Waals surface area (Å²) in [5.41, 5.74) is 3.99. The molecule has 0 aliphatic heterocycles. The molecule has 0 saturated carbocycles. The number of likely N-dealkylation sites (N-methyl/N-ethyl adjacent to an activating group) is 1. The van der Waals surface area contributed by atoms with Gasteiger partial charge in [0.25, 0.3) is 5.91 Å². The second kappa shape index (κ2) is 10.8. The molecule has 6 nitrogen and oxygen atoms in total. The molecule has 174 valence electrons. The van der Waals surface area contributed by atoms with Crippen molar-refractivity contribution in [2.24, 2.45) is 0 Å². The monoisotopic (exact) mass is 454 g/mol. The fraction of sp³-hybridized carbons (Fsp3) is 0.214. The van der Waals surface area contributed by atoms with Gasteiger partial charge in [-0.05, 0) is 50.3 Å². The zero-order valence-corrected chi connectivity index (χ0v) is 19.8. The van der Waals surface area contributed by atoms with Crippen molar-refractivity contribution in [3.63, 3.8) is 0 Å². The molecule has 0 fully saturated rings. The SMILES string of the molecule is COc1ccccc1-c1nn(-c2ccccc2)cc1C(=O)NCC(Cc1ccccc1)N(C)C. The van der Waals surface area contributed by atoms with Gasteiger partial charge in [0, 0.05) is 24.3 Å². The molecular weight excluding hydrogens is 424 g/mol. The first-order valence-electron chi connectivity index (χ1n) is 11.3. The van der Waals surface area contributed by atoms with Gasteiger partial charge in [0.2, 0.25) is 0 Å². The van der Waals surface area contributed by atoms with Gasteiger partial charge in [-0.15, -0.1) is 0 Å². The van der Waals surface area contributed by atoms with Crippen LogP contribution in [0.25, 0.3) is 16.9 Å². The van der Waals surface area contributed by atoms with Gasteiger partial charge in [0.15, 0.2) is 0 Å². The van der Waals surface area contributed by atoms with E-state index in [0.717, 1.165) is 17.7 Å². The molecule has 1 heterocycles. The number of para-hydroxylation sites is 2. The van der Waals surface area contributed by atoms with E-state index in [1.54, 1.807) is 18.0 Å². The van der Waals surface area contributed by atoms with Crippen LogP contribution in [0.15, 0.2) is 91.1 Å². The van der Waals surface area contributed by atoms with Gasteiger partial charge in [-0.1, -0.05) is 60.7 Å². The maximum atomic E-state index is 13.4. The third-order valence-electron chi connectivity index (χ3n) is 5.88. The van der Waals surface area contributed by atoms with Gasteiger partial charge in [0.1, 0.15) is 11.4 Å². The van der Waals surface area contributed by atoms with Crippen LogP contribution in [0.3, 0.4) is 0 Å². The number of ether oxygens (including phenoxy) is 1. The van der Waals surface area contributed by atoms with Crippen LogP contribution in [-0.4, -0.2) is 54.4 Å². The van der Waals surface area contributed by atoms with Crippen molar-refractivity contribution in [3.05, 3.63) is 102 Å². The number of nitrogens with zero attached hydrogens (tertiary/aromatic N) is 3. The molecule has 0 saturated heterocycles. The van der Waals surface area contributed by atoms with Crippen LogP contribution < -0.4 is 10.1 Å². The summed E-state index contributed by atoms with van der Waals surface area (Å²) < 4.78 is 7.30. The molecule has 0 bridgehead atoms. The number of methoxy groups -OCH3 is 1. The van der Waals surface area contributed by atoms with Crippen LogP contribution >= 0.6 is 0 Å². The molecule has 0 spiro atoms. The molecule has 3 aromatic carbocycles. The molecule has 4 rings (SSSR count). The Hall–Kier alpha value is -3.90. The molecule has 1 aromatic heterocycles. The highest BCUT2D eigenvalue weighted by atomic mass is 16.5. The second-order valence-corrected chi connectivity index (χ2v) is 8.39. The second-order valence-electron chi connectivity index (χ2n) is 8.39. The summed E-state index contributed by atoms with van der Waals surface area (Å²) in [6.45, 7) is 0.516. The quantitative estimate of drug-likeness (QED) is 0.406. The average molecular weight is 455 g/mol. The first-order chi connectivity index (χ1) is 16.6. The maximum absolute atomic E-state index is 13.4. The van der Waals surface area contributed by atoms with Crippen LogP contribution in [-0.2, 0) is 6.42 Å². The summed E-state index contributed by atoms with van der Waals surface area (Å²) in [5.74, 6) is 0.508. The standard InChI is InChI=1S/C28H30N4O2/c1-31(2)23(18-21-12-6-4-7-13-21)19-29-28(33)25-20-32(22-14-8-5-9-15-22)30-27(25)24-16-10-11-17-26(24)34-3/h4-17,20,23H,18-19H2,1-3H3,(H,29,33). The Morgan fingerprint density at radius 2 is 1.62 bits per heavy atom. The number of aromatic nitrogens is 2. The molecule has 0 aliphatic rings. The van der Waals surface area contributed by atoms with Crippen LogP contribution in [0, 0.1) is 0 Å². The van der Waals surface area contributed by atoms with Crippen molar-refractivity contribution in [1.29, 1.82) is 0 Å². The molecule has 1 atom stereocenters. The molecule has 34 heavy (non-hydrogen) atoms. The van der Waals surface area contributed by atoms with E-state index < -0.39 is 0 Å². The Balaban J connectivity index is 1.62. The van der Waals surface area contributed by atoms with E-state index in [2.05, 4.69) is 22.3 Å². The van der Waals surface area contributed by atoms with Gasteiger partial charge < -0.3 is 15.0 Å². The Bertz CT molecular complexity index is 1220. The van der Waals surface area contributed by atoms with Crippen molar-refractivity contribution in [3.8, 4) is 22.7 Å². The van der Waals surface area contributed by atoms with Crippen LogP contribution in [0.2, 0.25) is 0 Å². The number of nitrogens with one attached hydrogen (secondary N) is 1. The molecule has 1 unspecified atom stereocenters. The lowest BCUT2D eigenvalue weighted by Gasteiger charge is -2.24. The minimum absolute atomic E-state index is 0.158. The van der Waals surface area contributed by atoms with Gasteiger partial charge in [-0.3, -0.25) is 4.79 Å². The van der Waals surface area contributed by atoms with Crippen LogP contribution in [0.1, 0.15) is 15.9 Å². The van der Waals surface area contributed by atoms with E-state index in [9.17, 15) is 4.79 Å². The van der Waals surface area contributed by atoms with Crippen molar-refractivity contribution >= 4 is 5.91 Å². The summed E-state index contributed by atoms with van der Waals surface area (Å²) >= 11 is 0. The van der Waals surface area contributed by atoms with Crippen molar-refractivity contribution < 1.29 is 9.53 Å². The van der Waals surface area contributed by atoms with Crippen LogP contribution in [0.5, 0.6) is 5.75 Å².